The predicted molar refractivity (Wildman–Crippen MR) is 44.5 cm³/mol. The van der Waals surface area contributed by atoms with E-state index in [-0.39, 0.29) is 12.5 Å². The molecule has 0 saturated carbocycles. The van der Waals surface area contributed by atoms with E-state index in [1.54, 1.807) is 6.92 Å². The number of carbonyl (C=O) groups is 1. The lowest BCUT2D eigenvalue weighted by atomic mass is 10.3. The Morgan fingerprint density at radius 2 is 2.50 bits per heavy atom. The summed E-state index contributed by atoms with van der Waals surface area (Å²) >= 11 is 0. The molecule has 64 valence electrons. The number of rotatable bonds is 2. The van der Waals surface area contributed by atoms with Crippen LogP contribution in [0.25, 0.3) is 0 Å². The van der Waals surface area contributed by atoms with Gasteiger partial charge in [0.1, 0.15) is 6.33 Å². The average Bonchev–Trinajstić information content (AvgIpc) is 2.09. The Kier molecular flexibility index (Phi) is 2.71. The standard InChI is InChI=1S/C7H10N4O/c1-5-6(3-9-4-10-5)11-7(12)2-8/h3-4H,2,8H2,1H3,(H,11,12). The van der Waals surface area contributed by atoms with Crippen LogP contribution in [0.2, 0.25) is 0 Å². The molecule has 5 nitrogen and oxygen atoms in total. The minimum atomic E-state index is -0.243. The molecule has 0 saturated heterocycles. The van der Waals surface area contributed by atoms with Crippen LogP contribution in [0, 0.1) is 6.92 Å². The highest BCUT2D eigenvalue weighted by Gasteiger charge is 2.01. The van der Waals surface area contributed by atoms with Crippen LogP contribution in [0.4, 0.5) is 5.69 Å². The van der Waals surface area contributed by atoms with Gasteiger partial charge in [-0.05, 0) is 6.92 Å². The van der Waals surface area contributed by atoms with Crippen molar-refractivity contribution in [2.75, 3.05) is 11.9 Å². The molecule has 1 heterocycles. The lowest BCUT2D eigenvalue weighted by Crippen LogP contribution is -2.22. The molecule has 0 fully saturated rings. The van der Waals surface area contributed by atoms with Gasteiger partial charge in [0.15, 0.2) is 0 Å². The van der Waals surface area contributed by atoms with Crippen LogP contribution in [-0.2, 0) is 4.79 Å². The quantitative estimate of drug-likeness (QED) is 0.631. The summed E-state index contributed by atoms with van der Waals surface area (Å²) in [6.07, 6.45) is 2.96. The van der Waals surface area contributed by atoms with Gasteiger partial charge in [0.05, 0.1) is 24.1 Å². The Morgan fingerprint density at radius 3 is 3.08 bits per heavy atom. The third-order valence-corrected chi connectivity index (χ3v) is 1.37. The summed E-state index contributed by atoms with van der Waals surface area (Å²) in [5.74, 6) is -0.243. The first-order valence-electron chi connectivity index (χ1n) is 3.50. The lowest BCUT2D eigenvalue weighted by molar-refractivity contribution is -0.114. The maximum Gasteiger partial charge on any atom is 0.238 e. The van der Waals surface area contributed by atoms with Crippen LogP contribution < -0.4 is 11.1 Å². The number of carbonyl (C=O) groups excluding carboxylic acids is 1. The number of nitrogens with zero attached hydrogens (tertiary/aromatic N) is 2. The van der Waals surface area contributed by atoms with Crippen molar-refractivity contribution in [2.45, 2.75) is 6.92 Å². The second-order valence-electron chi connectivity index (χ2n) is 2.27. The van der Waals surface area contributed by atoms with E-state index >= 15 is 0 Å². The van der Waals surface area contributed by atoms with Crippen molar-refractivity contribution in [1.29, 1.82) is 0 Å². The number of nitrogens with two attached hydrogens (primary N) is 1. The summed E-state index contributed by atoms with van der Waals surface area (Å²) in [7, 11) is 0. The Balaban J connectivity index is 2.75. The Morgan fingerprint density at radius 1 is 1.75 bits per heavy atom. The van der Waals surface area contributed by atoms with Gasteiger partial charge >= 0.3 is 0 Å². The molecule has 0 aromatic carbocycles. The van der Waals surface area contributed by atoms with E-state index in [2.05, 4.69) is 15.3 Å². The molecule has 0 unspecified atom stereocenters. The zero-order valence-corrected chi connectivity index (χ0v) is 6.74. The Labute approximate surface area is 70.0 Å². The van der Waals surface area contributed by atoms with Crippen LogP contribution in [0.1, 0.15) is 5.69 Å². The number of aryl methyl sites for hydroxylation is 1. The second kappa shape index (κ2) is 3.77. The molecule has 12 heavy (non-hydrogen) atoms. The molecular weight excluding hydrogens is 156 g/mol. The van der Waals surface area contributed by atoms with Gasteiger partial charge in [0.2, 0.25) is 5.91 Å². The summed E-state index contributed by atoms with van der Waals surface area (Å²) < 4.78 is 0. The fourth-order valence-corrected chi connectivity index (χ4v) is 0.715. The summed E-state index contributed by atoms with van der Waals surface area (Å²) in [6.45, 7) is 1.75. The lowest BCUT2D eigenvalue weighted by Gasteiger charge is -2.03. The second-order valence-corrected chi connectivity index (χ2v) is 2.27. The van der Waals surface area contributed by atoms with E-state index in [1.165, 1.54) is 12.5 Å². The smallest absolute Gasteiger partial charge is 0.238 e. The molecule has 0 aliphatic carbocycles. The number of aromatic nitrogens is 2. The largest absolute Gasteiger partial charge is 0.322 e. The molecule has 0 radical (unpaired) electrons. The third-order valence-electron chi connectivity index (χ3n) is 1.37. The summed E-state index contributed by atoms with van der Waals surface area (Å²) in [5.41, 5.74) is 6.45. The molecule has 5 heteroatoms. The predicted octanol–water partition coefficient (Wildman–Crippen LogP) is -0.318. The number of nitrogens with one attached hydrogen (secondary N) is 1. The van der Waals surface area contributed by atoms with Gasteiger partial charge in [-0.2, -0.15) is 0 Å². The van der Waals surface area contributed by atoms with Gasteiger partial charge < -0.3 is 11.1 Å². The molecular formula is C7H10N4O. The molecule has 0 spiro atoms. The van der Waals surface area contributed by atoms with E-state index in [0.717, 1.165) is 5.69 Å². The van der Waals surface area contributed by atoms with Crippen molar-refractivity contribution >= 4 is 11.6 Å². The SMILES string of the molecule is Cc1ncncc1NC(=O)CN. The Bertz CT molecular complexity index is 286. The number of hydrogen-bond donors (Lipinski definition) is 2. The molecule has 0 bridgehead atoms. The van der Waals surface area contributed by atoms with Crippen LogP contribution >= 0.6 is 0 Å². The highest BCUT2D eigenvalue weighted by atomic mass is 16.1. The number of amides is 1. The van der Waals surface area contributed by atoms with Crippen molar-refractivity contribution in [3.8, 4) is 0 Å². The topological polar surface area (TPSA) is 80.9 Å². The van der Waals surface area contributed by atoms with Crippen molar-refractivity contribution < 1.29 is 4.79 Å². The van der Waals surface area contributed by atoms with Gasteiger partial charge in [-0.15, -0.1) is 0 Å². The fraction of sp³-hybridized carbons (Fsp3) is 0.286. The third kappa shape index (κ3) is 2.00. The van der Waals surface area contributed by atoms with Crippen LogP contribution in [0.3, 0.4) is 0 Å². The zero-order valence-electron chi connectivity index (χ0n) is 6.74. The van der Waals surface area contributed by atoms with Gasteiger partial charge in [0.25, 0.3) is 0 Å². The fourth-order valence-electron chi connectivity index (χ4n) is 0.715. The number of anilines is 1. The zero-order chi connectivity index (χ0) is 8.97. The molecule has 0 atom stereocenters. The van der Waals surface area contributed by atoms with Crippen molar-refractivity contribution in [2.24, 2.45) is 5.73 Å². The van der Waals surface area contributed by atoms with Gasteiger partial charge in [0, 0.05) is 0 Å². The normalized spacial score (nSPS) is 9.50. The first-order valence-corrected chi connectivity index (χ1v) is 3.50. The molecule has 3 N–H and O–H groups in total. The minimum Gasteiger partial charge on any atom is -0.322 e. The van der Waals surface area contributed by atoms with E-state index in [4.69, 9.17) is 5.73 Å². The summed E-state index contributed by atoms with van der Waals surface area (Å²) in [6, 6.07) is 0. The first kappa shape index (κ1) is 8.61. The van der Waals surface area contributed by atoms with Gasteiger partial charge in [-0.3, -0.25) is 4.79 Å². The van der Waals surface area contributed by atoms with Gasteiger partial charge in [-0.1, -0.05) is 0 Å². The molecule has 1 aromatic rings. The molecule has 0 aliphatic rings. The van der Waals surface area contributed by atoms with Crippen molar-refractivity contribution in [3.05, 3.63) is 18.2 Å². The minimum absolute atomic E-state index is 0.0334. The molecule has 1 amide bonds. The van der Waals surface area contributed by atoms with E-state index in [0.29, 0.717) is 5.69 Å². The number of hydrogen-bond acceptors (Lipinski definition) is 4. The van der Waals surface area contributed by atoms with Crippen molar-refractivity contribution in [3.63, 3.8) is 0 Å². The van der Waals surface area contributed by atoms with E-state index in [1.807, 2.05) is 0 Å². The average molecular weight is 166 g/mol. The maximum atomic E-state index is 10.8. The molecule has 1 rings (SSSR count). The van der Waals surface area contributed by atoms with Crippen LogP contribution in [-0.4, -0.2) is 22.4 Å². The van der Waals surface area contributed by atoms with E-state index in [9.17, 15) is 4.79 Å². The monoisotopic (exact) mass is 166 g/mol. The molecule has 0 aliphatic heterocycles. The van der Waals surface area contributed by atoms with Crippen LogP contribution in [0.5, 0.6) is 0 Å². The van der Waals surface area contributed by atoms with Crippen LogP contribution in [0.15, 0.2) is 12.5 Å². The van der Waals surface area contributed by atoms with E-state index < -0.39 is 0 Å². The summed E-state index contributed by atoms with van der Waals surface area (Å²) in [4.78, 5) is 18.5. The highest BCUT2D eigenvalue weighted by molar-refractivity contribution is 5.92. The molecule has 1 aromatic heterocycles. The first-order chi connectivity index (χ1) is 5.74. The van der Waals surface area contributed by atoms with Crippen molar-refractivity contribution in [1.82, 2.24) is 9.97 Å². The summed E-state index contributed by atoms with van der Waals surface area (Å²) in [5, 5.41) is 2.57. The Hall–Kier alpha value is -1.49. The van der Waals surface area contributed by atoms with Gasteiger partial charge in [-0.25, -0.2) is 9.97 Å². The highest BCUT2D eigenvalue weighted by Crippen LogP contribution is 2.07. The maximum absolute atomic E-state index is 10.8.